The highest BCUT2D eigenvalue weighted by atomic mass is 32.2. The Hall–Kier alpha value is -2.80. The van der Waals surface area contributed by atoms with E-state index in [1.165, 1.54) is 13.0 Å². The van der Waals surface area contributed by atoms with Crippen LogP contribution in [0.5, 0.6) is 0 Å². The minimum absolute atomic E-state index is 0.229. The van der Waals surface area contributed by atoms with Crippen LogP contribution in [0, 0.1) is 0 Å². The molecule has 1 aliphatic heterocycles. The van der Waals surface area contributed by atoms with Crippen LogP contribution < -0.4 is 10.2 Å². The van der Waals surface area contributed by atoms with Crippen molar-refractivity contribution < 1.29 is 19.1 Å². The lowest BCUT2D eigenvalue weighted by Crippen LogP contribution is -2.38. The number of ether oxygens (including phenoxy) is 1. The molecule has 0 fully saturated rings. The number of carbonyl (C=O) groups excluding carboxylic acids is 3. The molecule has 0 unspecified atom stereocenters. The first-order valence-corrected chi connectivity index (χ1v) is 9.10. The molecule has 3 rings (SSSR count). The number of amides is 2. The Morgan fingerprint density at radius 1 is 1.15 bits per heavy atom. The molecule has 134 valence electrons. The maximum atomic E-state index is 12.5. The second-order valence-electron chi connectivity index (χ2n) is 5.70. The zero-order chi connectivity index (χ0) is 18.5. The number of rotatable bonds is 4. The topological polar surface area (TPSA) is 75.7 Å². The van der Waals surface area contributed by atoms with E-state index in [1.807, 2.05) is 24.3 Å². The average molecular weight is 370 g/mol. The summed E-state index contributed by atoms with van der Waals surface area (Å²) in [6.45, 7) is 1.64. The van der Waals surface area contributed by atoms with E-state index in [9.17, 15) is 14.4 Å². The summed E-state index contributed by atoms with van der Waals surface area (Å²) in [6, 6.07) is 14.1. The summed E-state index contributed by atoms with van der Waals surface area (Å²) in [7, 11) is 0. The molecule has 1 heterocycles. The van der Waals surface area contributed by atoms with E-state index in [4.69, 9.17) is 4.74 Å². The van der Waals surface area contributed by atoms with E-state index in [2.05, 4.69) is 5.32 Å². The number of carbonyl (C=O) groups is 3. The Balaban J connectivity index is 1.63. The van der Waals surface area contributed by atoms with Crippen LogP contribution in [0.15, 0.2) is 53.4 Å². The molecule has 0 saturated carbocycles. The molecule has 2 aromatic carbocycles. The first-order valence-electron chi connectivity index (χ1n) is 8.11. The first-order chi connectivity index (χ1) is 12.5. The molecule has 26 heavy (non-hydrogen) atoms. The average Bonchev–Trinajstić information content (AvgIpc) is 2.65. The number of hydrogen-bond acceptors (Lipinski definition) is 5. The van der Waals surface area contributed by atoms with Gasteiger partial charge >= 0.3 is 5.97 Å². The third-order valence-corrected chi connectivity index (χ3v) is 4.82. The standard InChI is InChI=1S/C19H18N2O4S/c1-13(22)20-15-6-4-5-14(11-15)19(24)25-12-18(23)21-9-10-26-17-8-3-2-7-16(17)21/h2-8,11H,9-10,12H2,1H3,(H,20,22). The number of thioether (sulfide) groups is 1. The van der Waals surface area contributed by atoms with Gasteiger partial charge in [0.15, 0.2) is 6.61 Å². The predicted octanol–water partition coefficient (Wildman–Crippen LogP) is 2.94. The van der Waals surface area contributed by atoms with Crippen molar-refractivity contribution in [3.63, 3.8) is 0 Å². The monoisotopic (exact) mass is 370 g/mol. The number of benzene rings is 2. The fraction of sp³-hybridized carbons (Fsp3) is 0.211. The third kappa shape index (κ3) is 4.23. The van der Waals surface area contributed by atoms with Gasteiger partial charge in [-0.15, -0.1) is 11.8 Å². The summed E-state index contributed by atoms with van der Waals surface area (Å²) in [5.74, 6) is -0.295. The number of nitrogens with one attached hydrogen (secondary N) is 1. The number of para-hydroxylation sites is 1. The third-order valence-electron chi connectivity index (χ3n) is 3.77. The van der Waals surface area contributed by atoms with Crippen LogP contribution in [0.4, 0.5) is 11.4 Å². The van der Waals surface area contributed by atoms with Gasteiger partial charge in [0.2, 0.25) is 5.91 Å². The lowest BCUT2D eigenvalue weighted by Gasteiger charge is -2.28. The molecule has 0 spiro atoms. The van der Waals surface area contributed by atoms with E-state index >= 15 is 0 Å². The van der Waals surface area contributed by atoms with Crippen molar-refractivity contribution >= 4 is 40.9 Å². The van der Waals surface area contributed by atoms with E-state index < -0.39 is 5.97 Å². The number of fused-ring (bicyclic) bond motifs is 1. The van der Waals surface area contributed by atoms with E-state index in [0.29, 0.717) is 12.2 Å². The minimum Gasteiger partial charge on any atom is -0.452 e. The van der Waals surface area contributed by atoms with Crippen LogP contribution >= 0.6 is 11.8 Å². The van der Waals surface area contributed by atoms with Gasteiger partial charge in [-0.05, 0) is 30.3 Å². The Morgan fingerprint density at radius 2 is 1.96 bits per heavy atom. The Bertz CT molecular complexity index is 853. The first kappa shape index (κ1) is 18.0. The predicted molar refractivity (Wildman–Crippen MR) is 101 cm³/mol. The van der Waals surface area contributed by atoms with Crippen LogP contribution in [0.3, 0.4) is 0 Å². The van der Waals surface area contributed by atoms with Gasteiger partial charge in [0, 0.05) is 29.8 Å². The van der Waals surface area contributed by atoms with Crippen molar-refractivity contribution in [2.24, 2.45) is 0 Å². The molecule has 6 nitrogen and oxygen atoms in total. The fourth-order valence-corrected chi connectivity index (χ4v) is 3.64. The Labute approximate surface area is 155 Å². The van der Waals surface area contributed by atoms with Crippen LogP contribution in [0.25, 0.3) is 0 Å². The second-order valence-corrected chi connectivity index (χ2v) is 6.84. The van der Waals surface area contributed by atoms with Crippen molar-refractivity contribution in [3.05, 3.63) is 54.1 Å². The van der Waals surface area contributed by atoms with Crippen molar-refractivity contribution in [2.45, 2.75) is 11.8 Å². The van der Waals surface area contributed by atoms with Crippen LogP contribution in [-0.2, 0) is 14.3 Å². The van der Waals surface area contributed by atoms with Gasteiger partial charge in [0.25, 0.3) is 5.91 Å². The lowest BCUT2D eigenvalue weighted by atomic mass is 10.2. The molecule has 2 amide bonds. The van der Waals surface area contributed by atoms with E-state index in [1.54, 1.807) is 34.9 Å². The van der Waals surface area contributed by atoms with Gasteiger partial charge < -0.3 is 15.0 Å². The number of anilines is 2. The SMILES string of the molecule is CC(=O)Nc1cccc(C(=O)OCC(=O)N2CCSc3ccccc32)c1. The molecule has 0 aromatic heterocycles. The van der Waals surface area contributed by atoms with E-state index in [-0.39, 0.29) is 24.0 Å². The lowest BCUT2D eigenvalue weighted by molar-refractivity contribution is -0.121. The summed E-state index contributed by atoms with van der Waals surface area (Å²) in [6.07, 6.45) is 0. The van der Waals surface area contributed by atoms with Crippen molar-refractivity contribution in [2.75, 3.05) is 29.1 Å². The Morgan fingerprint density at radius 3 is 2.77 bits per heavy atom. The summed E-state index contributed by atoms with van der Waals surface area (Å²) >= 11 is 1.70. The molecule has 0 radical (unpaired) electrons. The molecule has 0 saturated heterocycles. The zero-order valence-corrected chi connectivity index (χ0v) is 15.0. The van der Waals surface area contributed by atoms with Crippen LogP contribution in [0.1, 0.15) is 17.3 Å². The summed E-state index contributed by atoms with van der Waals surface area (Å²) in [4.78, 5) is 38.5. The summed E-state index contributed by atoms with van der Waals surface area (Å²) < 4.78 is 5.17. The molecule has 0 bridgehead atoms. The molecular formula is C19H18N2O4S. The molecule has 1 N–H and O–H groups in total. The zero-order valence-electron chi connectivity index (χ0n) is 14.2. The molecular weight excluding hydrogens is 352 g/mol. The molecule has 0 aliphatic carbocycles. The maximum Gasteiger partial charge on any atom is 0.338 e. The fourth-order valence-electron chi connectivity index (χ4n) is 2.64. The van der Waals surface area contributed by atoms with Gasteiger partial charge in [0.1, 0.15) is 0 Å². The largest absolute Gasteiger partial charge is 0.452 e. The van der Waals surface area contributed by atoms with Crippen molar-refractivity contribution in [1.82, 2.24) is 0 Å². The summed E-state index contributed by atoms with van der Waals surface area (Å²) in [5, 5.41) is 2.60. The van der Waals surface area contributed by atoms with Gasteiger partial charge in [-0.25, -0.2) is 4.79 Å². The molecule has 2 aromatic rings. The van der Waals surface area contributed by atoms with E-state index in [0.717, 1.165) is 16.3 Å². The minimum atomic E-state index is -0.606. The molecule has 7 heteroatoms. The number of esters is 1. The highest BCUT2D eigenvalue weighted by Crippen LogP contribution is 2.34. The smallest absolute Gasteiger partial charge is 0.338 e. The van der Waals surface area contributed by atoms with Gasteiger partial charge in [-0.1, -0.05) is 18.2 Å². The van der Waals surface area contributed by atoms with Gasteiger partial charge in [0.05, 0.1) is 11.3 Å². The van der Waals surface area contributed by atoms with Crippen molar-refractivity contribution in [3.8, 4) is 0 Å². The van der Waals surface area contributed by atoms with Crippen LogP contribution in [0.2, 0.25) is 0 Å². The van der Waals surface area contributed by atoms with Crippen molar-refractivity contribution in [1.29, 1.82) is 0 Å². The second kappa shape index (κ2) is 8.05. The number of hydrogen-bond donors (Lipinski definition) is 1. The Kier molecular flexibility index (Phi) is 5.58. The van der Waals surface area contributed by atoms with Gasteiger partial charge in [-0.2, -0.15) is 0 Å². The summed E-state index contributed by atoms with van der Waals surface area (Å²) in [5.41, 5.74) is 1.62. The maximum absolute atomic E-state index is 12.5. The molecule has 0 atom stereocenters. The van der Waals surface area contributed by atoms with Crippen LogP contribution in [-0.4, -0.2) is 36.7 Å². The van der Waals surface area contributed by atoms with Gasteiger partial charge in [-0.3, -0.25) is 9.59 Å². The number of nitrogens with zero attached hydrogens (tertiary/aromatic N) is 1. The quantitative estimate of drug-likeness (QED) is 0.838. The molecule has 1 aliphatic rings. The normalized spacial score (nSPS) is 12.9. The highest BCUT2D eigenvalue weighted by molar-refractivity contribution is 7.99. The highest BCUT2D eigenvalue weighted by Gasteiger charge is 2.23.